The van der Waals surface area contributed by atoms with Crippen LogP contribution >= 0.6 is 0 Å². The van der Waals surface area contributed by atoms with E-state index >= 15 is 0 Å². The molecule has 0 unspecified atom stereocenters. The molecule has 0 saturated heterocycles. The molecule has 0 N–H and O–H groups in total. The Morgan fingerprint density at radius 2 is 0.964 bits per heavy atom. The van der Waals surface area contributed by atoms with E-state index in [0.717, 1.165) is 17.1 Å². The molecular formula is C53H40N2. The summed E-state index contributed by atoms with van der Waals surface area (Å²) in [5.41, 5.74) is 14.1. The summed E-state index contributed by atoms with van der Waals surface area (Å²) >= 11 is 0. The maximum absolute atomic E-state index is 2.53. The Balaban J connectivity index is 1.22. The molecule has 0 aliphatic carbocycles. The van der Waals surface area contributed by atoms with Crippen LogP contribution in [0.4, 0.5) is 34.1 Å². The van der Waals surface area contributed by atoms with Gasteiger partial charge in [-0.3, -0.25) is 0 Å². The number of para-hydroxylation sites is 1. The average Bonchev–Trinajstić information content (AvgIpc) is 3.25. The quantitative estimate of drug-likeness (QED) is 0.170. The molecular weight excluding hydrogens is 665 g/mol. The van der Waals surface area contributed by atoms with Gasteiger partial charge in [-0.05, 0) is 81.1 Å². The molecule has 1 aliphatic rings. The summed E-state index contributed by atoms with van der Waals surface area (Å²) in [5.74, 6) is 0. The summed E-state index contributed by atoms with van der Waals surface area (Å²) in [6, 6.07) is 75.2. The first-order valence-electron chi connectivity index (χ1n) is 19.1. The number of benzene rings is 9. The van der Waals surface area contributed by atoms with Crippen LogP contribution in [0.25, 0.3) is 43.8 Å². The van der Waals surface area contributed by atoms with Crippen LogP contribution in [-0.2, 0) is 5.41 Å². The van der Waals surface area contributed by atoms with Crippen molar-refractivity contribution in [1.82, 2.24) is 0 Å². The Bertz CT molecular complexity index is 2830. The number of anilines is 6. The summed E-state index contributed by atoms with van der Waals surface area (Å²) in [4.78, 5) is 4.97. The van der Waals surface area contributed by atoms with Crippen molar-refractivity contribution in [3.63, 3.8) is 0 Å². The zero-order valence-electron chi connectivity index (χ0n) is 31.0. The first-order valence-corrected chi connectivity index (χ1v) is 19.1. The van der Waals surface area contributed by atoms with E-state index in [0.29, 0.717) is 0 Å². The molecule has 9 aromatic carbocycles. The molecule has 9 aromatic rings. The molecule has 0 bridgehead atoms. The maximum Gasteiger partial charge on any atom is 0.0618 e. The van der Waals surface area contributed by atoms with Gasteiger partial charge in [0.25, 0.3) is 0 Å². The Labute approximate surface area is 323 Å². The minimum Gasteiger partial charge on any atom is -0.310 e. The Kier molecular flexibility index (Phi) is 7.85. The minimum absolute atomic E-state index is 0.280. The Hall–Kier alpha value is -6.90. The smallest absolute Gasteiger partial charge is 0.0618 e. The fourth-order valence-corrected chi connectivity index (χ4v) is 8.68. The van der Waals surface area contributed by atoms with Gasteiger partial charge in [-0.15, -0.1) is 0 Å². The number of rotatable bonds is 6. The highest BCUT2D eigenvalue weighted by Crippen LogP contribution is 2.56. The van der Waals surface area contributed by atoms with Crippen LogP contribution < -0.4 is 9.80 Å². The predicted molar refractivity (Wildman–Crippen MR) is 234 cm³/mol. The lowest BCUT2D eigenvalue weighted by molar-refractivity contribution is 0.632. The second-order valence-corrected chi connectivity index (χ2v) is 15.0. The van der Waals surface area contributed by atoms with Gasteiger partial charge in [-0.2, -0.15) is 0 Å². The molecule has 0 spiro atoms. The third-order valence-corrected chi connectivity index (χ3v) is 11.4. The summed E-state index contributed by atoms with van der Waals surface area (Å²) in [7, 11) is 0. The van der Waals surface area contributed by atoms with Gasteiger partial charge in [0.05, 0.1) is 22.7 Å². The SMILES string of the molecule is CC1(C)c2ccccc2N(c2c(-c3ccccc3)ccc3ccccc23)c2ccc(N(c3ccc(-c4ccccc4)cc3)c3cccc4ccccc34)cc21. The van der Waals surface area contributed by atoms with Gasteiger partial charge < -0.3 is 9.80 Å². The number of hydrogen-bond donors (Lipinski definition) is 0. The van der Waals surface area contributed by atoms with E-state index in [4.69, 9.17) is 0 Å². The number of nitrogens with zero attached hydrogens (tertiary/aromatic N) is 2. The van der Waals surface area contributed by atoms with E-state index in [9.17, 15) is 0 Å². The maximum atomic E-state index is 2.53. The highest BCUT2D eigenvalue weighted by Gasteiger charge is 2.38. The lowest BCUT2D eigenvalue weighted by Gasteiger charge is -2.43. The van der Waals surface area contributed by atoms with Gasteiger partial charge in [-0.1, -0.05) is 178 Å². The summed E-state index contributed by atoms with van der Waals surface area (Å²) in [5, 5.41) is 4.88. The lowest BCUT2D eigenvalue weighted by atomic mass is 9.73. The zero-order valence-corrected chi connectivity index (χ0v) is 31.0. The van der Waals surface area contributed by atoms with Crippen LogP contribution in [0.1, 0.15) is 25.0 Å². The van der Waals surface area contributed by atoms with E-state index in [1.54, 1.807) is 0 Å². The molecule has 1 heterocycles. The predicted octanol–water partition coefficient (Wildman–Crippen LogP) is 14.9. The van der Waals surface area contributed by atoms with Crippen LogP contribution in [0.5, 0.6) is 0 Å². The highest BCUT2D eigenvalue weighted by atomic mass is 15.2. The van der Waals surface area contributed by atoms with Gasteiger partial charge in [0.15, 0.2) is 0 Å². The fraction of sp³-hybridized carbons (Fsp3) is 0.0566. The standard InChI is InChI=1S/C53H40N2/c1-53(2)47-25-13-14-26-50(47)55(52-45-24-12-10-21-41(45)30-34-46(52)40-18-7-4-8-19-40)51-35-33-43(36-48(51)53)54(49-27-15-22-39-20-9-11-23-44(39)49)42-31-28-38(29-32-42)37-16-5-3-6-17-37/h3-36H,1-2H3. The van der Waals surface area contributed by atoms with E-state index in [2.05, 4.69) is 230 Å². The summed E-state index contributed by atoms with van der Waals surface area (Å²) in [6.07, 6.45) is 0. The van der Waals surface area contributed by atoms with Gasteiger partial charge in [0, 0.05) is 33.1 Å². The molecule has 0 fully saturated rings. The molecule has 55 heavy (non-hydrogen) atoms. The van der Waals surface area contributed by atoms with Crippen LogP contribution in [0.15, 0.2) is 206 Å². The second kappa shape index (κ2) is 13.2. The average molecular weight is 705 g/mol. The van der Waals surface area contributed by atoms with Crippen molar-refractivity contribution < 1.29 is 0 Å². The Morgan fingerprint density at radius 3 is 1.73 bits per heavy atom. The van der Waals surface area contributed by atoms with Crippen LogP contribution in [0.3, 0.4) is 0 Å². The van der Waals surface area contributed by atoms with Crippen molar-refractivity contribution in [2.45, 2.75) is 19.3 Å². The van der Waals surface area contributed by atoms with Gasteiger partial charge in [0.2, 0.25) is 0 Å². The molecule has 0 amide bonds. The van der Waals surface area contributed by atoms with Gasteiger partial charge in [0.1, 0.15) is 0 Å². The molecule has 0 saturated carbocycles. The third-order valence-electron chi connectivity index (χ3n) is 11.4. The van der Waals surface area contributed by atoms with E-state index < -0.39 is 0 Å². The van der Waals surface area contributed by atoms with E-state index in [-0.39, 0.29) is 5.41 Å². The number of fused-ring (bicyclic) bond motifs is 4. The fourth-order valence-electron chi connectivity index (χ4n) is 8.68. The van der Waals surface area contributed by atoms with Crippen molar-refractivity contribution in [1.29, 1.82) is 0 Å². The molecule has 10 rings (SSSR count). The van der Waals surface area contributed by atoms with E-state index in [1.165, 1.54) is 72.0 Å². The monoisotopic (exact) mass is 704 g/mol. The summed E-state index contributed by atoms with van der Waals surface area (Å²) < 4.78 is 0. The van der Waals surface area contributed by atoms with Gasteiger partial charge in [-0.25, -0.2) is 0 Å². The van der Waals surface area contributed by atoms with Crippen molar-refractivity contribution >= 4 is 55.7 Å². The molecule has 2 nitrogen and oxygen atoms in total. The van der Waals surface area contributed by atoms with Crippen molar-refractivity contribution in [2.24, 2.45) is 0 Å². The van der Waals surface area contributed by atoms with Gasteiger partial charge >= 0.3 is 0 Å². The third kappa shape index (κ3) is 5.49. The molecule has 2 heteroatoms. The first kappa shape index (κ1) is 32.7. The normalized spacial score (nSPS) is 13.0. The minimum atomic E-state index is -0.280. The summed E-state index contributed by atoms with van der Waals surface area (Å²) in [6.45, 7) is 4.76. The molecule has 1 aliphatic heterocycles. The van der Waals surface area contributed by atoms with Crippen molar-refractivity contribution in [3.05, 3.63) is 217 Å². The largest absolute Gasteiger partial charge is 0.310 e. The first-order chi connectivity index (χ1) is 27.1. The number of hydrogen-bond acceptors (Lipinski definition) is 2. The van der Waals surface area contributed by atoms with Crippen LogP contribution in [0.2, 0.25) is 0 Å². The van der Waals surface area contributed by atoms with Crippen molar-refractivity contribution in [2.75, 3.05) is 9.80 Å². The van der Waals surface area contributed by atoms with Crippen molar-refractivity contribution in [3.8, 4) is 22.3 Å². The highest BCUT2D eigenvalue weighted by molar-refractivity contribution is 6.08. The molecule has 0 radical (unpaired) electrons. The van der Waals surface area contributed by atoms with E-state index in [1.807, 2.05) is 0 Å². The zero-order chi connectivity index (χ0) is 36.9. The molecule has 0 atom stereocenters. The van der Waals surface area contributed by atoms with Crippen LogP contribution in [-0.4, -0.2) is 0 Å². The lowest BCUT2D eigenvalue weighted by Crippen LogP contribution is -2.31. The Morgan fingerprint density at radius 1 is 0.400 bits per heavy atom. The van der Waals surface area contributed by atoms with Crippen LogP contribution in [0, 0.1) is 0 Å². The molecule has 262 valence electrons. The topological polar surface area (TPSA) is 6.48 Å². The molecule has 0 aromatic heterocycles. The second-order valence-electron chi connectivity index (χ2n) is 15.0.